The second-order valence-electron chi connectivity index (χ2n) is 3.55. The zero-order valence-electron chi connectivity index (χ0n) is 9.06. The number of nitriles is 1. The third kappa shape index (κ3) is 3.33. The highest BCUT2D eigenvalue weighted by Crippen LogP contribution is 2.23. The molecule has 0 saturated heterocycles. The lowest BCUT2D eigenvalue weighted by Gasteiger charge is -2.02. The second kappa shape index (κ2) is 5.51. The van der Waals surface area contributed by atoms with Gasteiger partial charge in [-0.25, -0.2) is 4.39 Å². The Morgan fingerprint density at radius 1 is 1.12 bits per heavy atom. The van der Waals surface area contributed by atoms with Crippen LogP contribution in [0.5, 0.6) is 0 Å². The highest BCUT2D eigenvalue weighted by atomic mass is 32.2. The Hall–Kier alpha value is -1.79. The summed E-state index contributed by atoms with van der Waals surface area (Å²) in [6.45, 7) is 0. The van der Waals surface area contributed by atoms with E-state index in [0.29, 0.717) is 5.56 Å². The lowest BCUT2D eigenvalue weighted by atomic mass is 10.2. The van der Waals surface area contributed by atoms with Crippen molar-refractivity contribution in [2.75, 3.05) is 0 Å². The van der Waals surface area contributed by atoms with Gasteiger partial charge in [-0.3, -0.25) is 0 Å². The van der Waals surface area contributed by atoms with E-state index in [-0.39, 0.29) is 5.82 Å². The van der Waals surface area contributed by atoms with Crippen molar-refractivity contribution in [3.63, 3.8) is 0 Å². The third-order valence-electron chi connectivity index (χ3n) is 2.28. The van der Waals surface area contributed by atoms with E-state index < -0.39 is 0 Å². The van der Waals surface area contributed by atoms with Gasteiger partial charge >= 0.3 is 0 Å². The Morgan fingerprint density at radius 3 is 2.59 bits per heavy atom. The number of nitrogens with zero attached hydrogens (tertiary/aromatic N) is 1. The van der Waals surface area contributed by atoms with E-state index in [1.807, 2.05) is 18.2 Å². The summed E-state index contributed by atoms with van der Waals surface area (Å²) in [4.78, 5) is 1.02. The number of rotatable bonds is 3. The van der Waals surface area contributed by atoms with Crippen LogP contribution in [0.2, 0.25) is 0 Å². The summed E-state index contributed by atoms with van der Waals surface area (Å²) in [5, 5.41) is 8.78. The highest BCUT2D eigenvalue weighted by molar-refractivity contribution is 7.98. The lowest BCUT2D eigenvalue weighted by molar-refractivity contribution is 0.626. The standard InChI is InChI=1S/C14H10FNS/c15-13-4-6-14(7-5-13)17-10-12-3-1-2-11(8-12)9-16/h1-8H,10H2. The summed E-state index contributed by atoms with van der Waals surface area (Å²) in [6.07, 6.45) is 0. The van der Waals surface area contributed by atoms with Gasteiger partial charge in [-0.15, -0.1) is 11.8 Å². The van der Waals surface area contributed by atoms with Crippen LogP contribution in [0.1, 0.15) is 11.1 Å². The van der Waals surface area contributed by atoms with Gasteiger partial charge in [0.25, 0.3) is 0 Å². The first-order valence-electron chi connectivity index (χ1n) is 5.15. The molecule has 0 unspecified atom stereocenters. The molecule has 0 aliphatic carbocycles. The van der Waals surface area contributed by atoms with E-state index >= 15 is 0 Å². The molecule has 0 N–H and O–H groups in total. The van der Waals surface area contributed by atoms with Crippen LogP contribution in [0.4, 0.5) is 4.39 Å². The SMILES string of the molecule is N#Cc1cccc(CSc2ccc(F)cc2)c1. The van der Waals surface area contributed by atoms with E-state index in [2.05, 4.69) is 6.07 Å². The van der Waals surface area contributed by atoms with Gasteiger partial charge in [0.1, 0.15) is 5.82 Å². The number of hydrogen-bond acceptors (Lipinski definition) is 2. The molecule has 2 aromatic rings. The largest absolute Gasteiger partial charge is 0.207 e. The Bertz CT molecular complexity index is 543. The third-order valence-corrected chi connectivity index (χ3v) is 3.36. The van der Waals surface area contributed by atoms with Crippen molar-refractivity contribution < 1.29 is 4.39 Å². The smallest absolute Gasteiger partial charge is 0.123 e. The highest BCUT2D eigenvalue weighted by Gasteiger charge is 1.98. The lowest BCUT2D eigenvalue weighted by Crippen LogP contribution is -1.83. The molecule has 17 heavy (non-hydrogen) atoms. The summed E-state index contributed by atoms with van der Waals surface area (Å²) in [6, 6.07) is 16.0. The summed E-state index contributed by atoms with van der Waals surface area (Å²) in [7, 11) is 0. The Kier molecular flexibility index (Phi) is 3.79. The maximum atomic E-state index is 12.7. The van der Waals surface area contributed by atoms with Crippen molar-refractivity contribution in [2.45, 2.75) is 10.6 Å². The van der Waals surface area contributed by atoms with Crippen LogP contribution in [-0.4, -0.2) is 0 Å². The van der Waals surface area contributed by atoms with Crippen LogP contribution in [0.25, 0.3) is 0 Å². The summed E-state index contributed by atoms with van der Waals surface area (Å²) < 4.78 is 12.7. The molecule has 2 rings (SSSR count). The summed E-state index contributed by atoms with van der Waals surface area (Å²) in [5.74, 6) is 0.557. The van der Waals surface area contributed by atoms with Gasteiger partial charge in [0, 0.05) is 10.6 Å². The average Bonchev–Trinajstić information content (AvgIpc) is 2.38. The molecule has 84 valence electrons. The van der Waals surface area contributed by atoms with Crippen LogP contribution in [0.3, 0.4) is 0 Å². The molecule has 0 aliphatic rings. The topological polar surface area (TPSA) is 23.8 Å². The molecule has 0 spiro atoms. The summed E-state index contributed by atoms with van der Waals surface area (Å²) >= 11 is 1.63. The fourth-order valence-electron chi connectivity index (χ4n) is 1.43. The average molecular weight is 243 g/mol. The molecular weight excluding hydrogens is 233 g/mol. The van der Waals surface area contributed by atoms with Crippen LogP contribution >= 0.6 is 11.8 Å². The van der Waals surface area contributed by atoms with Crippen LogP contribution in [0, 0.1) is 17.1 Å². The van der Waals surface area contributed by atoms with E-state index in [4.69, 9.17) is 5.26 Å². The van der Waals surface area contributed by atoms with E-state index in [9.17, 15) is 4.39 Å². The van der Waals surface area contributed by atoms with Crippen molar-refractivity contribution in [1.82, 2.24) is 0 Å². The molecule has 0 aromatic heterocycles. The van der Waals surface area contributed by atoms with Gasteiger partial charge in [-0.05, 0) is 42.0 Å². The molecule has 0 aliphatic heterocycles. The number of halogens is 1. The number of hydrogen-bond donors (Lipinski definition) is 0. The van der Waals surface area contributed by atoms with E-state index in [1.165, 1.54) is 12.1 Å². The molecular formula is C14H10FNS. The predicted molar refractivity (Wildman–Crippen MR) is 67.1 cm³/mol. The minimum atomic E-state index is -0.221. The molecule has 0 amide bonds. The maximum Gasteiger partial charge on any atom is 0.123 e. The Balaban J connectivity index is 2.02. The fraction of sp³-hybridized carbons (Fsp3) is 0.0714. The van der Waals surface area contributed by atoms with Crippen LogP contribution in [0.15, 0.2) is 53.4 Å². The molecule has 0 saturated carbocycles. The molecule has 3 heteroatoms. The monoisotopic (exact) mass is 243 g/mol. The van der Waals surface area contributed by atoms with Gasteiger partial charge in [0.15, 0.2) is 0 Å². The number of thioether (sulfide) groups is 1. The van der Waals surface area contributed by atoms with Crippen molar-refractivity contribution >= 4 is 11.8 Å². The van der Waals surface area contributed by atoms with E-state index in [0.717, 1.165) is 16.2 Å². The van der Waals surface area contributed by atoms with Gasteiger partial charge in [-0.2, -0.15) is 5.26 Å². The van der Waals surface area contributed by atoms with Gasteiger partial charge in [-0.1, -0.05) is 12.1 Å². The van der Waals surface area contributed by atoms with Crippen molar-refractivity contribution in [1.29, 1.82) is 5.26 Å². The number of benzene rings is 2. The minimum Gasteiger partial charge on any atom is -0.207 e. The molecule has 0 fully saturated rings. The van der Waals surface area contributed by atoms with Crippen LogP contribution < -0.4 is 0 Å². The quantitative estimate of drug-likeness (QED) is 0.761. The fourth-order valence-corrected chi connectivity index (χ4v) is 2.27. The predicted octanol–water partition coefficient (Wildman–Crippen LogP) is 3.99. The van der Waals surface area contributed by atoms with Crippen molar-refractivity contribution in [3.8, 4) is 6.07 Å². The molecule has 0 bridgehead atoms. The molecule has 1 nitrogen and oxygen atoms in total. The first-order valence-corrected chi connectivity index (χ1v) is 6.14. The molecule has 2 aromatic carbocycles. The second-order valence-corrected chi connectivity index (χ2v) is 4.60. The zero-order valence-corrected chi connectivity index (χ0v) is 9.88. The normalized spacial score (nSPS) is 9.88. The molecule has 0 radical (unpaired) electrons. The minimum absolute atomic E-state index is 0.221. The van der Waals surface area contributed by atoms with Crippen molar-refractivity contribution in [2.24, 2.45) is 0 Å². The summed E-state index contributed by atoms with van der Waals surface area (Å²) in [5.41, 5.74) is 1.76. The van der Waals surface area contributed by atoms with E-state index in [1.54, 1.807) is 30.0 Å². The Morgan fingerprint density at radius 2 is 1.88 bits per heavy atom. The molecule has 0 heterocycles. The molecule has 0 atom stereocenters. The zero-order chi connectivity index (χ0) is 12.1. The Labute approximate surface area is 104 Å². The van der Waals surface area contributed by atoms with Gasteiger partial charge in [0.05, 0.1) is 11.6 Å². The van der Waals surface area contributed by atoms with Gasteiger partial charge in [0.2, 0.25) is 0 Å². The van der Waals surface area contributed by atoms with Gasteiger partial charge < -0.3 is 0 Å². The first-order chi connectivity index (χ1) is 8.28. The van der Waals surface area contributed by atoms with Crippen molar-refractivity contribution in [3.05, 3.63) is 65.5 Å². The maximum absolute atomic E-state index is 12.7. The van der Waals surface area contributed by atoms with Crippen LogP contribution in [-0.2, 0) is 5.75 Å². The first kappa shape index (κ1) is 11.7.